The maximum Gasteiger partial charge on any atom is 0.218 e. The summed E-state index contributed by atoms with van der Waals surface area (Å²) in [4.78, 5) is 10.4. The van der Waals surface area contributed by atoms with Crippen molar-refractivity contribution in [3.8, 4) is 0 Å². The van der Waals surface area contributed by atoms with Crippen LogP contribution in [-0.2, 0) is 4.79 Å². The molecule has 0 amide bonds. The molecular weight excluding hydrogens is 186 g/mol. The van der Waals surface area contributed by atoms with Gasteiger partial charge >= 0.3 is 0 Å². The second kappa shape index (κ2) is 6.82. The van der Waals surface area contributed by atoms with E-state index in [1.165, 1.54) is 4.57 Å². The highest BCUT2D eigenvalue weighted by atomic mass is 16.1. The Bertz CT molecular complexity index is 409. The lowest BCUT2D eigenvalue weighted by Crippen LogP contribution is -2.27. The maximum absolute atomic E-state index is 10.4. The van der Waals surface area contributed by atoms with Crippen molar-refractivity contribution in [2.24, 2.45) is 5.92 Å². The van der Waals surface area contributed by atoms with E-state index in [2.05, 4.69) is 33.9 Å². The third kappa shape index (κ3) is 5.01. The lowest BCUT2D eigenvalue weighted by molar-refractivity contribution is 0.546. The first-order chi connectivity index (χ1) is 7.02. The number of allylic oxidation sites excluding steroid dienone is 1. The summed E-state index contributed by atoms with van der Waals surface area (Å²) in [6.07, 6.45) is 5.79. The molecule has 0 spiro atoms. The zero-order valence-electron chi connectivity index (χ0n) is 9.73. The van der Waals surface area contributed by atoms with Gasteiger partial charge in [-0.3, -0.25) is 9.36 Å². The topological polar surface area (TPSA) is 22.0 Å². The number of carbonyl (C=O) groups excluding carboxylic acids is 1. The third-order valence-corrected chi connectivity index (χ3v) is 1.43. The predicted octanol–water partition coefficient (Wildman–Crippen LogP) is 1.57. The summed E-state index contributed by atoms with van der Waals surface area (Å²) in [5, 5.41) is 1.62. The van der Waals surface area contributed by atoms with E-state index in [0.29, 0.717) is 0 Å². The largest absolute Gasteiger partial charge is 0.290 e. The number of hydrogen-bond acceptors (Lipinski definition) is 1. The third-order valence-electron chi connectivity index (χ3n) is 1.43. The van der Waals surface area contributed by atoms with Gasteiger partial charge in [0.1, 0.15) is 0 Å². The van der Waals surface area contributed by atoms with Crippen molar-refractivity contribution < 1.29 is 4.79 Å². The molecule has 1 heterocycles. The summed E-state index contributed by atoms with van der Waals surface area (Å²) < 4.78 is 1.46. The van der Waals surface area contributed by atoms with Crippen molar-refractivity contribution >= 4 is 19.1 Å². The van der Waals surface area contributed by atoms with Crippen LogP contribution < -0.4 is 10.6 Å². The van der Waals surface area contributed by atoms with Crippen molar-refractivity contribution in [3.05, 3.63) is 35.5 Å². The standard InChI is InChI=1S/C9H9NO.C4H10/c1-3-4-9-8(2)5-6-10(9)7-11;1-4(2)3/h3-7H,1-2H2;4H,1-3H3/b9-4+;. The quantitative estimate of drug-likeness (QED) is 0.672. The summed E-state index contributed by atoms with van der Waals surface area (Å²) in [6.45, 7) is 13.8. The van der Waals surface area contributed by atoms with Gasteiger partial charge in [0.05, 0.1) is 5.35 Å². The van der Waals surface area contributed by atoms with Gasteiger partial charge in [-0.15, -0.1) is 0 Å². The van der Waals surface area contributed by atoms with Crippen LogP contribution in [0.15, 0.2) is 24.9 Å². The number of nitrogens with zero attached hydrogens (tertiary/aromatic N) is 1. The average Bonchev–Trinajstić information content (AvgIpc) is 2.48. The Morgan fingerprint density at radius 3 is 2.33 bits per heavy atom. The van der Waals surface area contributed by atoms with Crippen LogP contribution in [0, 0.1) is 5.92 Å². The Morgan fingerprint density at radius 2 is 1.93 bits per heavy atom. The first-order valence-electron chi connectivity index (χ1n) is 4.96. The molecule has 82 valence electrons. The molecule has 0 aliphatic rings. The monoisotopic (exact) mass is 205 g/mol. The SMILES string of the molecule is C=C/C=c1\c(=C)ccn1C=O.CC(C)C. The van der Waals surface area contributed by atoms with Crippen molar-refractivity contribution in [1.29, 1.82) is 0 Å². The summed E-state index contributed by atoms with van der Waals surface area (Å²) in [5.74, 6) is 0.833. The maximum atomic E-state index is 10.4. The highest BCUT2D eigenvalue weighted by Crippen LogP contribution is 1.81. The molecule has 1 aromatic rings. The molecule has 0 saturated heterocycles. The van der Waals surface area contributed by atoms with E-state index < -0.39 is 0 Å². The van der Waals surface area contributed by atoms with E-state index in [1.807, 2.05) is 0 Å². The number of carbonyl (C=O) groups is 1. The van der Waals surface area contributed by atoms with Crippen LogP contribution in [-0.4, -0.2) is 11.0 Å². The predicted molar refractivity (Wildman–Crippen MR) is 66.5 cm³/mol. The average molecular weight is 205 g/mol. The first-order valence-corrected chi connectivity index (χ1v) is 4.96. The van der Waals surface area contributed by atoms with Crippen LogP contribution in [0.5, 0.6) is 0 Å². The highest BCUT2D eigenvalue weighted by molar-refractivity contribution is 5.54. The Hall–Kier alpha value is -1.57. The zero-order chi connectivity index (χ0) is 11.8. The molecule has 0 N–H and O–H groups in total. The van der Waals surface area contributed by atoms with Crippen molar-refractivity contribution in [3.63, 3.8) is 0 Å². The van der Waals surface area contributed by atoms with Gasteiger partial charge in [0.25, 0.3) is 0 Å². The molecule has 0 unspecified atom stereocenters. The molecule has 0 aliphatic heterocycles. The minimum atomic E-state index is 0.740. The molecule has 1 rings (SSSR count). The van der Waals surface area contributed by atoms with Crippen LogP contribution >= 0.6 is 0 Å². The molecule has 0 atom stereocenters. The van der Waals surface area contributed by atoms with E-state index in [0.717, 1.165) is 22.9 Å². The van der Waals surface area contributed by atoms with Gasteiger partial charge in [-0.25, -0.2) is 0 Å². The molecule has 0 aliphatic carbocycles. The lowest BCUT2D eigenvalue weighted by atomic mass is 10.3. The lowest BCUT2D eigenvalue weighted by Gasteiger charge is -1.85. The van der Waals surface area contributed by atoms with Crippen LogP contribution in [0.4, 0.5) is 0 Å². The van der Waals surface area contributed by atoms with Gasteiger partial charge in [0.15, 0.2) is 0 Å². The van der Waals surface area contributed by atoms with Crippen LogP contribution in [0.1, 0.15) is 20.8 Å². The normalized spacial score (nSPS) is 10.8. The van der Waals surface area contributed by atoms with E-state index >= 15 is 0 Å². The van der Waals surface area contributed by atoms with E-state index in [-0.39, 0.29) is 0 Å². The van der Waals surface area contributed by atoms with Crippen molar-refractivity contribution in [2.75, 3.05) is 0 Å². The fourth-order valence-electron chi connectivity index (χ4n) is 0.898. The Morgan fingerprint density at radius 1 is 1.40 bits per heavy atom. The van der Waals surface area contributed by atoms with Gasteiger partial charge in [0, 0.05) is 6.20 Å². The summed E-state index contributed by atoms with van der Waals surface area (Å²) in [6, 6.07) is 1.78. The van der Waals surface area contributed by atoms with Crippen LogP contribution in [0.25, 0.3) is 12.7 Å². The Balaban J connectivity index is 0.000000423. The van der Waals surface area contributed by atoms with Gasteiger partial charge < -0.3 is 0 Å². The Labute approximate surface area is 91.2 Å². The molecule has 0 bridgehead atoms. The minimum Gasteiger partial charge on any atom is -0.290 e. The number of hydrogen-bond donors (Lipinski definition) is 0. The minimum absolute atomic E-state index is 0.740. The Kier molecular flexibility index (Phi) is 6.11. The van der Waals surface area contributed by atoms with Gasteiger partial charge in [-0.1, -0.05) is 40.0 Å². The molecule has 0 saturated carbocycles. The van der Waals surface area contributed by atoms with Crippen LogP contribution in [0.2, 0.25) is 0 Å². The van der Waals surface area contributed by atoms with Gasteiger partial charge in [-0.2, -0.15) is 0 Å². The fraction of sp³-hybridized carbons (Fsp3) is 0.308. The molecular formula is C13H19NO. The highest BCUT2D eigenvalue weighted by Gasteiger charge is 1.88. The fourth-order valence-corrected chi connectivity index (χ4v) is 0.898. The van der Waals surface area contributed by atoms with Gasteiger partial charge in [-0.05, 0) is 23.3 Å². The summed E-state index contributed by atoms with van der Waals surface area (Å²) >= 11 is 0. The second-order valence-corrected chi connectivity index (χ2v) is 3.87. The van der Waals surface area contributed by atoms with Gasteiger partial charge in [0.2, 0.25) is 6.41 Å². The molecule has 0 aromatic carbocycles. The van der Waals surface area contributed by atoms with E-state index in [9.17, 15) is 4.79 Å². The second-order valence-electron chi connectivity index (χ2n) is 3.87. The van der Waals surface area contributed by atoms with E-state index in [4.69, 9.17) is 0 Å². The molecule has 1 aromatic heterocycles. The number of aromatic nitrogens is 1. The molecule has 2 nitrogen and oxygen atoms in total. The smallest absolute Gasteiger partial charge is 0.218 e. The van der Waals surface area contributed by atoms with Crippen molar-refractivity contribution in [2.45, 2.75) is 20.8 Å². The number of rotatable bonds is 2. The van der Waals surface area contributed by atoms with Crippen molar-refractivity contribution in [1.82, 2.24) is 4.57 Å². The summed E-state index contributed by atoms with van der Waals surface area (Å²) in [5.41, 5.74) is 0. The molecule has 0 fully saturated rings. The first kappa shape index (κ1) is 13.4. The zero-order valence-corrected chi connectivity index (χ0v) is 9.73. The van der Waals surface area contributed by atoms with E-state index in [1.54, 1.807) is 24.4 Å². The van der Waals surface area contributed by atoms with Crippen LogP contribution in [0.3, 0.4) is 0 Å². The molecule has 15 heavy (non-hydrogen) atoms. The molecule has 0 radical (unpaired) electrons. The molecule has 2 heteroatoms. The summed E-state index contributed by atoms with van der Waals surface area (Å²) in [7, 11) is 0.